The molecule has 2 aromatic rings. The quantitative estimate of drug-likeness (QED) is 0.904. The molecule has 2 aromatic heterocycles. The zero-order valence-electron chi connectivity index (χ0n) is 10.0. The normalized spacial score (nSPS) is 11.0. The lowest BCUT2D eigenvalue weighted by Gasteiger charge is -2.09. The Kier molecular flexibility index (Phi) is 4.20. The van der Waals surface area contributed by atoms with E-state index in [0.29, 0.717) is 0 Å². The Morgan fingerprint density at radius 1 is 1.47 bits per heavy atom. The van der Waals surface area contributed by atoms with Gasteiger partial charge < -0.3 is 9.88 Å². The number of thiophene rings is 1. The maximum Gasteiger partial charge on any atom is 0.106 e. The lowest BCUT2D eigenvalue weighted by Crippen LogP contribution is -2.16. The third-order valence-electron chi connectivity index (χ3n) is 2.64. The molecule has 0 saturated carbocycles. The number of halogens is 1. The fraction of sp³-hybridized carbons (Fsp3) is 0.417. The van der Waals surface area contributed by atoms with Crippen molar-refractivity contribution in [2.75, 3.05) is 6.54 Å². The van der Waals surface area contributed by atoms with Crippen LogP contribution in [0.25, 0.3) is 0 Å². The molecule has 0 spiro atoms. The van der Waals surface area contributed by atoms with Gasteiger partial charge in [0.25, 0.3) is 0 Å². The first-order valence-corrected chi connectivity index (χ1v) is 6.86. The number of hydrogen-bond acceptors (Lipinski definition) is 3. The van der Waals surface area contributed by atoms with Gasteiger partial charge in [0.05, 0.1) is 16.6 Å². The summed E-state index contributed by atoms with van der Waals surface area (Å²) in [6, 6.07) is 4.02. The number of nitrogens with one attached hydrogen (secondary N) is 1. The summed E-state index contributed by atoms with van der Waals surface area (Å²) < 4.78 is 3.07. The Morgan fingerprint density at radius 2 is 2.29 bits per heavy atom. The standard InChI is InChI=1S/C12H16ClN3S/c1-3-14-6-10-7-15-9(2)16(10)8-11-4-5-12(13)17-11/h4-5,7,14H,3,6,8H2,1-2H3. The first-order valence-electron chi connectivity index (χ1n) is 5.66. The molecule has 17 heavy (non-hydrogen) atoms. The molecule has 0 aliphatic heterocycles. The molecular weight excluding hydrogens is 254 g/mol. The van der Waals surface area contributed by atoms with Crippen LogP contribution in [0.5, 0.6) is 0 Å². The largest absolute Gasteiger partial charge is 0.326 e. The van der Waals surface area contributed by atoms with Gasteiger partial charge in [-0.2, -0.15) is 0 Å². The van der Waals surface area contributed by atoms with Crippen LogP contribution in [0.3, 0.4) is 0 Å². The van der Waals surface area contributed by atoms with Crippen LogP contribution < -0.4 is 5.32 Å². The van der Waals surface area contributed by atoms with Gasteiger partial charge in [-0.15, -0.1) is 11.3 Å². The van der Waals surface area contributed by atoms with Crippen LogP contribution in [0, 0.1) is 6.92 Å². The Bertz CT molecular complexity index is 490. The van der Waals surface area contributed by atoms with Crippen LogP contribution in [-0.4, -0.2) is 16.1 Å². The molecule has 0 aliphatic carbocycles. The van der Waals surface area contributed by atoms with E-state index in [0.717, 1.165) is 29.8 Å². The predicted molar refractivity (Wildman–Crippen MR) is 72.8 cm³/mol. The highest BCUT2D eigenvalue weighted by atomic mass is 35.5. The molecule has 0 aliphatic rings. The summed E-state index contributed by atoms with van der Waals surface area (Å²) in [6.45, 7) is 6.81. The molecule has 0 bridgehead atoms. The number of aromatic nitrogens is 2. The van der Waals surface area contributed by atoms with Gasteiger partial charge >= 0.3 is 0 Å². The van der Waals surface area contributed by atoms with Crippen LogP contribution >= 0.6 is 22.9 Å². The summed E-state index contributed by atoms with van der Waals surface area (Å²) in [5.74, 6) is 1.04. The van der Waals surface area contributed by atoms with E-state index in [1.165, 1.54) is 10.6 Å². The number of rotatable bonds is 5. The molecule has 92 valence electrons. The molecule has 1 N–H and O–H groups in total. The minimum Gasteiger partial charge on any atom is -0.326 e. The van der Waals surface area contributed by atoms with E-state index >= 15 is 0 Å². The Morgan fingerprint density at radius 3 is 2.94 bits per heavy atom. The van der Waals surface area contributed by atoms with Crippen LogP contribution in [0.1, 0.15) is 23.3 Å². The lowest BCUT2D eigenvalue weighted by atomic mass is 10.4. The number of aryl methyl sites for hydroxylation is 1. The van der Waals surface area contributed by atoms with Gasteiger partial charge in [0.15, 0.2) is 0 Å². The van der Waals surface area contributed by atoms with Crippen LogP contribution in [0.2, 0.25) is 4.34 Å². The van der Waals surface area contributed by atoms with Crippen molar-refractivity contribution >= 4 is 22.9 Å². The van der Waals surface area contributed by atoms with Gasteiger partial charge in [0.2, 0.25) is 0 Å². The second-order valence-electron chi connectivity index (χ2n) is 3.87. The summed E-state index contributed by atoms with van der Waals surface area (Å²) in [5, 5.41) is 3.33. The summed E-state index contributed by atoms with van der Waals surface area (Å²) in [6.07, 6.45) is 1.94. The van der Waals surface area contributed by atoms with Crippen molar-refractivity contribution in [3.63, 3.8) is 0 Å². The van der Waals surface area contributed by atoms with E-state index in [1.807, 2.05) is 19.2 Å². The highest BCUT2D eigenvalue weighted by Gasteiger charge is 2.08. The molecule has 0 saturated heterocycles. The smallest absolute Gasteiger partial charge is 0.106 e. The highest BCUT2D eigenvalue weighted by Crippen LogP contribution is 2.23. The van der Waals surface area contributed by atoms with Gasteiger partial charge in [-0.05, 0) is 25.6 Å². The second kappa shape index (κ2) is 5.67. The fourth-order valence-electron chi connectivity index (χ4n) is 1.72. The average Bonchev–Trinajstić information content (AvgIpc) is 2.86. The van der Waals surface area contributed by atoms with Crippen LogP contribution in [0.15, 0.2) is 18.3 Å². The molecule has 0 aromatic carbocycles. The van der Waals surface area contributed by atoms with E-state index in [1.54, 1.807) is 11.3 Å². The van der Waals surface area contributed by atoms with Gasteiger partial charge in [0, 0.05) is 17.6 Å². The number of hydrogen-bond donors (Lipinski definition) is 1. The van der Waals surface area contributed by atoms with Gasteiger partial charge in [-0.1, -0.05) is 18.5 Å². The zero-order chi connectivity index (χ0) is 12.3. The summed E-state index contributed by atoms with van der Waals surface area (Å²) in [7, 11) is 0. The molecule has 0 unspecified atom stereocenters. The number of nitrogens with zero attached hydrogens (tertiary/aromatic N) is 2. The maximum absolute atomic E-state index is 5.95. The fourth-order valence-corrected chi connectivity index (χ4v) is 2.79. The topological polar surface area (TPSA) is 29.9 Å². The zero-order valence-corrected chi connectivity index (χ0v) is 11.6. The van der Waals surface area contributed by atoms with E-state index in [-0.39, 0.29) is 0 Å². The van der Waals surface area contributed by atoms with Crippen LogP contribution in [-0.2, 0) is 13.1 Å². The van der Waals surface area contributed by atoms with Crippen molar-refractivity contribution in [2.24, 2.45) is 0 Å². The Hall–Kier alpha value is -0.840. The molecule has 5 heteroatoms. The molecule has 2 rings (SSSR count). The molecule has 0 amide bonds. The summed E-state index contributed by atoms with van der Waals surface area (Å²) in [4.78, 5) is 5.63. The SMILES string of the molecule is CCNCc1cnc(C)n1Cc1ccc(Cl)s1. The van der Waals surface area contributed by atoms with E-state index in [2.05, 4.69) is 27.9 Å². The lowest BCUT2D eigenvalue weighted by molar-refractivity contribution is 0.650. The minimum absolute atomic E-state index is 0.839. The predicted octanol–water partition coefficient (Wildman–Crippen LogP) is 3.06. The van der Waals surface area contributed by atoms with E-state index in [4.69, 9.17) is 11.6 Å². The first kappa shape index (κ1) is 12.6. The van der Waals surface area contributed by atoms with E-state index < -0.39 is 0 Å². The summed E-state index contributed by atoms with van der Waals surface area (Å²) >= 11 is 7.57. The Labute approximate surface area is 110 Å². The van der Waals surface area contributed by atoms with Crippen molar-refractivity contribution in [3.8, 4) is 0 Å². The molecule has 0 atom stereocenters. The van der Waals surface area contributed by atoms with Gasteiger partial charge in [-0.3, -0.25) is 0 Å². The van der Waals surface area contributed by atoms with E-state index in [9.17, 15) is 0 Å². The van der Waals surface area contributed by atoms with Crippen molar-refractivity contribution in [2.45, 2.75) is 26.9 Å². The first-order chi connectivity index (χ1) is 8.20. The number of imidazole rings is 1. The molecule has 3 nitrogen and oxygen atoms in total. The monoisotopic (exact) mass is 269 g/mol. The molecule has 0 fully saturated rings. The van der Waals surface area contributed by atoms with Gasteiger partial charge in [-0.25, -0.2) is 4.98 Å². The molecular formula is C12H16ClN3S. The van der Waals surface area contributed by atoms with Crippen molar-refractivity contribution in [1.82, 2.24) is 14.9 Å². The highest BCUT2D eigenvalue weighted by molar-refractivity contribution is 7.16. The van der Waals surface area contributed by atoms with Crippen molar-refractivity contribution in [1.29, 1.82) is 0 Å². The van der Waals surface area contributed by atoms with Crippen LogP contribution in [0.4, 0.5) is 0 Å². The third-order valence-corrected chi connectivity index (χ3v) is 3.85. The van der Waals surface area contributed by atoms with Crippen molar-refractivity contribution in [3.05, 3.63) is 39.1 Å². The maximum atomic E-state index is 5.95. The molecule has 2 heterocycles. The average molecular weight is 270 g/mol. The van der Waals surface area contributed by atoms with Crippen molar-refractivity contribution < 1.29 is 0 Å². The minimum atomic E-state index is 0.839. The summed E-state index contributed by atoms with van der Waals surface area (Å²) in [5.41, 5.74) is 1.22. The molecule has 0 radical (unpaired) electrons. The Balaban J connectivity index is 2.16. The van der Waals surface area contributed by atoms with Gasteiger partial charge in [0.1, 0.15) is 5.82 Å². The third kappa shape index (κ3) is 3.09. The second-order valence-corrected chi connectivity index (χ2v) is 5.67.